The molecule has 5 rings (SSSR count). The summed E-state index contributed by atoms with van der Waals surface area (Å²) in [7, 11) is -7.89. The third kappa shape index (κ3) is 6.39. The van der Waals surface area contributed by atoms with E-state index in [1.54, 1.807) is 12.1 Å². The van der Waals surface area contributed by atoms with E-state index < -0.39 is 43.7 Å². The molecule has 0 bridgehead atoms. The van der Waals surface area contributed by atoms with Crippen molar-refractivity contribution in [2.75, 3.05) is 20.1 Å². The zero-order valence-corrected chi connectivity index (χ0v) is 23.1. The van der Waals surface area contributed by atoms with Crippen molar-refractivity contribution in [2.24, 2.45) is 11.8 Å². The minimum Gasteiger partial charge on any atom is -0.326 e. The number of sulfonamides is 2. The van der Waals surface area contributed by atoms with Gasteiger partial charge in [-0.3, -0.25) is 9.59 Å². The molecule has 2 aromatic heterocycles. The lowest BCUT2D eigenvalue weighted by molar-refractivity contribution is -0.122. The molecule has 214 valence electrons. The number of rotatable bonds is 10. The van der Waals surface area contributed by atoms with Crippen molar-refractivity contribution >= 4 is 55.1 Å². The van der Waals surface area contributed by atoms with E-state index in [0.717, 1.165) is 0 Å². The van der Waals surface area contributed by atoms with Gasteiger partial charge in [-0.25, -0.2) is 46.2 Å². The van der Waals surface area contributed by atoms with Crippen LogP contribution in [0.15, 0.2) is 107 Å². The van der Waals surface area contributed by atoms with E-state index >= 15 is 0 Å². The number of aromatic nitrogens is 4. The molecular weight excluding hydrogens is 584 g/mol. The highest BCUT2D eigenvalue weighted by molar-refractivity contribution is 7.93. The first-order valence-corrected chi connectivity index (χ1v) is 15.1. The molecule has 1 aliphatic rings. The largest absolute Gasteiger partial charge is 0.326 e. The number of hydrogen-bond donors (Lipinski definition) is 4. The lowest BCUT2D eigenvalue weighted by Gasteiger charge is -2.09. The molecule has 42 heavy (non-hydrogen) atoms. The minimum atomic E-state index is -3.94. The smallest absolute Gasteiger partial charge is 0.264 e. The Labute approximate surface area is 240 Å². The number of nitrogens with zero attached hydrogens (tertiary/aromatic N) is 4. The fraction of sp³-hybridized carbons (Fsp3) is 0.0769. The average molecular weight is 607 g/mol. The van der Waals surface area contributed by atoms with E-state index in [1.165, 1.54) is 73.3 Å². The number of anilines is 4. The Morgan fingerprint density at radius 2 is 0.929 bits per heavy atom. The molecule has 14 nitrogen and oxygen atoms in total. The van der Waals surface area contributed by atoms with Crippen molar-refractivity contribution < 1.29 is 26.4 Å². The summed E-state index contributed by atoms with van der Waals surface area (Å²) in [5.41, 5.74) is 1.04. The summed E-state index contributed by atoms with van der Waals surface area (Å²) >= 11 is 0. The Balaban J connectivity index is 1.16. The number of amides is 2. The number of carbonyl (C=O) groups excluding carboxylic acids is 2. The third-order valence-electron chi connectivity index (χ3n) is 6.04. The maximum absolute atomic E-state index is 12.8. The van der Waals surface area contributed by atoms with Crippen molar-refractivity contribution in [2.45, 2.75) is 9.79 Å². The SMILES string of the molecule is C=C1C(C(=O)Nc2ccc(S(=O)(=O)Nc3ncccn3)cc2)C1C(=O)Nc1ccc(S(=O)(=O)Nc2ncccn2)cc1. The second-order valence-corrected chi connectivity index (χ2v) is 12.3. The predicted octanol–water partition coefficient (Wildman–Crippen LogP) is 2.25. The summed E-state index contributed by atoms with van der Waals surface area (Å²) in [6.07, 6.45) is 5.58. The van der Waals surface area contributed by atoms with E-state index in [9.17, 15) is 26.4 Å². The maximum atomic E-state index is 12.8. The minimum absolute atomic E-state index is 0.0657. The monoisotopic (exact) mass is 606 g/mol. The van der Waals surface area contributed by atoms with E-state index in [4.69, 9.17) is 0 Å². The first kappa shape index (κ1) is 28.3. The van der Waals surface area contributed by atoms with Crippen LogP contribution in [0.2, 0.25) is 0 Å². The first-order chi connectivity index (χ1) is 20.0. The second-order valence-electron chi connectivity index (χ2n) is 8.91. The molecule has 2 aromatic carbocycles. The first-order valence-electron chi connectivity index (χ1n) is 12.1. The molecule has 16 heteroatoms. The van der Waals surface area contributed by atoms with Gasteiger partial charge in [0.2, 0.25) is 23.7 Å². The molecule has 0 spiro atoms. The van der Waals surface area contributed by atoms with Gasteiger partial charge in [-0.15, -0.1) is 0 Å². The van der Waals surface area contributed by atoms with Crippen LogP contribution in [-0.4, -0.2) is 48.6 Å². The summed E-state index contributed by atoms with van der Waals surface area (Å²) in [5, 5.41) is 5.30. The van der Waals surface area contributed by atoms with Crippen molar-refractivity contribution in [3.05, 3.63) is 97.6 Å². The highest BCUT2D eigenvalue weighted by atomic mass is 32.2. The van der Waals surface area contributed by atoms with Gasteiger partial charge in [-0.05, 0) is 60.7 Å². The van der Waals surface area contributed by atoms with Gasteiger partial charge in [0.25, 0.3) is 20.0 Å². The lowest BCUT2D eigenvalue weighted by atomic mass is 10.2. The van der Waals surface area contributed by atoms with Gasteiger partial charge >= 0.3 is 0 Å². The van der Waals surface area contributed by atoms with E-state index in [1.807, 2.05) is 0 Å². The summed E-state index contributed by atoms with van der Waals surface area (Å²) in [5.74, 6) is -2.71. The molecule has 4 N–H and O–H groups in total. The molecule has 1 aliphatic carbocycles. The molecule has 1 saturated carbocycles. The van der Waals surface area contributed by atoms with Crippen molar-refractivity contribution in [1.82, 2.24) is 19.9 Å². The molecule has 0 radical (unpaired) electrons. The van der Waals surface area contributed by atoms with Crippen LogP contribution in [0.1, 0.15) is 0 Å². The van der Waals surface area contributed by atoms with Crippen LogP contribution in [0.5, 0.6) is 0 Å². The lowest BCUT2D eigenvalue weighted by Crippen LogP contribution is -2.21. The van der Waals surface area contributed by atoms with Crippen LogP contribution in [-0.2, 0) is 29.6 Å². The van der Waals surface area contributed by atoms with Gasteiger partial charge in [0.15, 0.2) is 0 Å². The van der Waals surface area contributed by atoms with Crippen LogP contribution >= 0.6 is 0 Å². The molecule has 0 aliphatic heterocycles. The molecule has 0 saturated heterocycles. The molecule has 1 fully saturated rings. The van der Waals surface area contributed by atoms with Gasteiger partial charge in [0.1, 0.15) is 0 Å². The van der Waals surface area contributed by atoms with Gasteiger partial charge < -0.3 is 10.6 Å². The number of hydrogen-bond acceptors (Lipinski definition) is 10. The van der Waals surface area contributed by atoms with Crippen LogP contribution < -0.4 is 20.1 Å². The quantitative estimate of drug-likeness (QED) is 0.194. The summed E-state index contributed by atoms with van der Waals surface area (Å²) in [4.78, 5) is 40.8. The summed E-state index contributed by atoms with van der Waals surface area (Å²) in [6.45, 7) is 3.81. The molecule has 2 heterocycles. The number of nitrogens with one attached hydrogen (secondary N) is 4. The standard InChI is InChI=1S/C26H22N8O6S2/c1-16-21(23(35)31-17-4-8-19(9-5-17)41(37,38)33-25-27-12-2-13-28-25)22(16)24(36)32-18-6-10-20(11-7-18)42(39,40)34-26-29-14-3-15-30-26/h2-15,21-22H,1H2,(H,31,35)(H,32,36)(H,27,28,33)(H,29,30,34). The zero-order chi connectivity index (χ0) is 29.9. The molecule has 4 aromatic rings. The van der Waals surface area contributed by atoms with E-state index in [0.29, 0.717) is 16.9 Å². The summed E-state index contributed by atoms with van der Waals surface area (Å²) < 4.78 is 54.6. The molecule has 2 amide bonds. The van der Waals surface area contributed by atoms with E-state index in [-0.39, 0.29) is 21.7 Å². The van der Waals surface area contributed by atoms with Crippen molar-refractivity contribution in [3.63, 3.8) is 0 Å². The zero-order valence-electron chi connectivity index (χ0n) is 21.5. The summed E-state index contributed by atoms with van der Waals surface area (Å²) in [6, 6.07) is 14.0. The van der Waals surface area contributed by atoms with Gasteiger partial charge in [0.05, 0.1) is 21.6 Å². The Bertz CT molecular complexity index is 1720. The predicted molar refractivity (Wildman–Crippen MR) is 152 cm³/mol. The maximum Gasteiger partial charge on any atom is 0.264 e. The number of benzene rings is 2. The van der Waals surface area contributed by atoms with Crippen molar-refractivity contribution in [1.29, 1.82) is 0 Å². The van der Waals surface area contributed by atoms with Crippen molar-refractivity contribution in [3.8, 4) is 0 Å². The van der Waals surface area contributed by atoms with Crippen LogP contribution in [0.3, 0.4) is 0 Å². The van der Waals surface area contributed by atoms with Crippen LogP contribution in [0.4, 0.5) is 23.3 Å². The third-order valence-corrected chi connectivity index (χ3v) is 8.72. The normalized spacial score (nSPS) is 16.2. The molecule has 2 unspecified atom stereocenters. The van der Waals surface area contributed by atoms with Gasteiger partial charge in [-0.1, -0.05) is 12.2 Å². The van der Waals surface area contributed by atoms with Gasteiger partial charge in [-0.2, -0.15) is 0 Å². The van der Waals surface area contributed by atoms with E-state index in [2.05, 4.69) is 46.6 Å². The van der Waals surface area contributed by atoms with Crippen LogP contribution in [0.25, 0.3) is 0 Å². The topological polar surface area (TPSA) is 202 Å². The second kappa shape index (κ2) is 11.3. The highest BCUT2D eigenvalue weighted by Gasteiger charge is 2.52. The molecule has 2 atom stereocenters. The fourth-order valence-electron chi connectivity index (χ4n) is 3.89. The Morgan fingerprint density at radius 1 is 0.595 bits per heavy atom. The Morgan fingerprint density at radius 3 is 1.26 bits per heavy atom. The van der Waals surface area contributed by atoms with Crippen LogP contribution in [0, 0.1) is 11.8 Å². The highest BCUT2D eigenvalue weighted by Crippen LogP contribution is 2.45. The van der Waals surface area contributed by atoms with Gasteiger partial charge in [0, 0.05) is 36.2 Å². The Kier molecular flexibility index (Phi) is 7.64. The fourth-order valence-corrected chi connectivity index (χ4v) is 5.81. The average Bonchev–Trinajstić information content (AvgIpc) is 3.65. The Hall–Kier alpha value is -5.22. The molecular formula is C26H22N8O6S2. The number of carbonyl (C=O) groups is 2.